The fourth-order valence-electron chi connectivity index (χ4n) is 2.71. The molecule has 0 unspecified atom stereocenters. The van der Waals surface area contributed by atoms with Crippen molar-refractivity contribution in [1.82, 2.24) is 4.98 Å². The summed E-state index contributed by atoms with van der Waals surface area (Å²) in [5.74, 6) is -0.267. The van der Waals surface area contributed by atoms with Gasteiger partial charge in [-0.15, -0.1) is 11.3 Å². The highest BCUT2D eigenvalue weighted by Crippen LogP contribution is 2.38. The summed E-state index contributed by atoms with van der Waals surface area (Å²) < 4.78 is 4.91. The Bertz CT molecular complexity index is 744. The van der Waals surface area contributed by atoms with Gasteiger partial charge in [0.1, 0.15) is 5.00 Å². The van der Waals surface area contributed by atoms with Crippen LogP contribution in [0, 0.1) is 0 Å². The lowest BCUT2D eigenvalue weighted by Gasteiger charge is -2.11. The summed E-state index contributed by atoms with van der Waals surface area (Å²) in [7, 11) is 1.37. The van der Waals surface area contributed by atoms with E-state index in [-0.39, 0.29) is 17.6 Å². The van der Waals surface area contributed by atoms with Gasteiger partial charge < -0.3 is 10.1 Å². The minimum Gasteiger partial charge on any atom is -0.465 e. The van der Waals surface area contributed by atoms with E-state index in [1.54, 1.807) is 6.20 Å². The molecule has 1 aliphatic rings. The molecule has 0 fully saturated rings. The van der Waals surface area contributed by atoms with Gasteiger partial charge in [0.2, 0.25) is 5.91 Å². The molecule has 3 rings (SSSR count). The number of ether oxygens (including phenoxy) is 1. The van der Waals surface area contributed by atoms with E-state index in [4.69, 9.17) is 4.74 Å². The van der Waals surface area contributed by atoms with Crippen molar-refractivity contribution in [2.45, 2.75) is 30.7 Å². The number of rotatable bonds is 5. The molecule has 2 aromatic heterocycles. The number of esters is 1. The maximum atomic E-state index is 12.3. The van der Waals surface area contributed by atoms with Gasteiger partial charge >= 0.3 is 5.97 Å². The number of methoxy groups -OCH3 is 1. The zero-order valence-corrected chi connectivity index (χ0v) is 15.0. The molecule has 1 amide bonds. The predicted molar refractivity (Wildman–Crippen MR) is 95.9 cm³/mol. The number of nitrogens with one attached hydrogen (secondary N) is 1. The van der Waals surface area contributed by atoms with E-state index in [9.17, 15) is 9.59 Å². The molecule has 1 N–H and O–H groups in total. The number of hydrogen-bond donors (Lipinski definition) is 1. The van der Waals surface area contributed by atoms with Crippen LogP contribution in [0.5, 0.6) is 0 Å². The van der Waals surface area contributed by atoms with Crippen molar-refractivity contribution in [1.29, 1.82) is 0 Å². The monoisotopic (exact) mass is 362 g/mol. The van der Waals surface area contributed by atoms with Gasteiger partial charge in [-0.2, -0.15) is 0 Å². The topological polar surface area (TPSA) is 68.3 Å². The lowest BCUT2D eigenvalue weighted by atomic mass is 9.95. The molecule has 0 spiro atoms. The zero-order chi connectivity index (χ0) is 16.9. The first-order valence-corrected chi connectivity index (χ1v) is 9.55. The fourth-order valence-corrected chi connectivity index (χ4v) is 4.66. The first-order valence-electron chi connectivity index (χ1n) is 7.75. The van der Waals surface area contributed by atoms with Crippen LogP contribution in [0.1, 0.15) is 33.6 Å². The maximum Gasteiger partial charge on any atom is 0.341 e. The van der Waals surface area contributed by atoms with Gasteiger partial charge in [-0.05, 0) is 43.4 Å². The second kappa shape index (κ2) is 7.81. The molecule has 0 atom stereocenters. The largest absolute Gasteiger partial charge is 0.465 e. The smallest absolute Gasteiger partial charge is 0.341 e. The van der Waals surface area contributed by atoms with Crippen LogP contribution in [0.3, 0.4) is 0 Å². The Kier molecular flexibility index (Phi) is 5.52. The average Bonchev–Trinajstić information content (AvgIpc) is 2.98. The molecular weight excluding hydrogens is 344 g/mol. The second-order valence-electron chi connectivity index (χ2n) is 5.41. The normalized spacial score (nSPS) is 13.2. The summed E-state index contributed by atoms with van der Waals surface area (Å²) in [5, 5.41) is 4.29. The summed E-state index contributed by atoms with van der Waals surface area (Å²) >= 11 is 2.87. The number of pyridine rings is 1. The highest BCUT2D eigenvalue weighted by atomic mass is 32.2. The van der Waals surface area contributed by atoms with Crippen molar-refractivity contribution in [3.63, 3.8) is 0 Å². The second-order valence-corrected chi connectivity index (χ2v) is 7.51. The Morgan fingerprint density at radius 1 is 1.33 bits per heavy atom. The van der Waals surface area contributed by atoms with Crippen LogP contribution in [0.25, 0.3) is 0 Å². The van der Waals surface area contributed by atoms with Crippen molar-refractivity contribution < 1.29 is 14.3 Å². The van der Waals surface area contributed by atoms with Gasteiger partial charge in [-0.3, -0.25) is 4.79 Å². The number of amides is 1. The lowest BCUT2D eigenvalue weighted by Crippen LogP contribution is -2.16. The third-order valence-electron chi connectivity index (χ3n) is 3.80. The number of aromatic nitrogens is 1. The Balaban J connectivity index is 1.73. The number of hydrogen-bond acceptors (Lipinski definition) is 6. The van der Waals surface area contributed by atoms with Gasteiger partial charge in [0.15, 0.2) is 0 Å². The van der Waals surface area contributed by atoms with Crippen LogP contribution in [0.2, 0.25) is 0 Å². The van der Waals surface area contributed by atoms with Crippen molar-refractivity contribution in [2.24, 2.45) is 0 Å². The van der Waals surface area contributed by atoms with Crippen molar-refractivity contribution >= 4 is 40.0 Å². The Hall–Kier alpha value is -1.86. The van der Waals surface area contributed by atoms with Gasteiger partial charge in [0.05, 0.1) is 23.5 Å². The Labute approximate surface area is 148 Å². The molecule has 7 heteroatoms. The average molecular weight is 362 g/mol. The quantitative estimate of drug-likeness (QED) is 0.651. The summed E-state index contributed by atoms with van der Waals surface area (Å²) in [6.45, 7) is 0. The van der Waals surface area contributed by atoms with E-state index in [1.165, 1.54) is 35.1 Å². The molecule has 2 heterocycles. The van der Waals surface area contributed by atoms with Crippen LogP contribution >= 0.6 is 23.1 Å². The van der Waals surface area contributed by atoms with E-state index in [0.29, 0.717) is 10.6 Å². The number of carbonyl (C=O) groups is 2. The van der Waals surface area contributed by atoms with Crippen molar-refractivity contribution in [3.05, 3.63) is 40.4 Å². The van der Waals surface area contributed by atoms with E-state index in [0.717, 1.165) is 36.3 Å². The summed E-state index contributed by atoms with van der Waals surface area (Å²) in [5.41, 5.74) is 1.58. The fraction of sp³-hybridized carbons (Fsp3) is 0.353. The van der Waals surface area contributed by atoms with Gasteiger partial charge in [-0.1, -0.05) is 17.8 Å². The summed E-state index contributed by atoms with van der Waals surface area (Å²) in [6, 6.07) is 5.58. The summed E-state index contributed by atoms with van der Waals surface area (Å²) in [6.07, 6.45) is 5.72. The van der Waals surface area contributed by atoms with Gasteiger partial charge in [0.25, 0.3) is 0 Å². The molecule has 5 nitrogen and oxygen atoms in total. The molecule has 0 saturated heterocycles. The molecule has 24 heavy (non-hydrogen) atoms. The number of thiophene rings is 1. The Morgan fingerprint density at radius 3 is 2.92 bits per heavy atom. The number of carbonyl (C=O) groups excluding carboxylic acids is 2. The summed E-state index contributed by atoms with van der Waals surface area (Å²) in [4.78, 5) is 29.8. The minimum absolute atomic E-state index is 0.144. The van der Waals surface area contributed by atoms with E-state index in [2.05, 4.69) is 10.3 Å². The third-order valence-corrected chi connectivity index (χ3v) is 5.95. The van der Waals surface area contributed by atoms with Crippen LogP contribution in [0.15, 0.2) is 29.4 Å². The lowest BCUT2D eigenvalue weighted by molar-refractivity contribution is -0.113. The molecular formula is C17H18N2O3S2. The van der Waals surface area contributed by atoms with Crippen LogP contribution in [-0.2, 0) is 22.4 Å². The van der Waals surface area contributed by atoms with E-state index >= 15 is 0 Å². The molecule has 0 aromatic carbocycles. The van der Waals surface area contributed by atoms with Crippen LogP contribution in [-0.4, -0.2) is 29.7 Å². The Morgan fingerprint density at radius 2 is 2.17 bits per heavy atom. The highest BCUT2D eigenvalue weighted by Gasteiger charge is 2.26. The first kappa shape index (κ1) is 17.0. The van der Waals surface area contributed by atoms with Gasteiger partial charge in [-0.25, -0.2) is 9.78 Å². The maximum absolute atomic E-state index is 12.3. The minimum atomic E-state index is -0.373. The van der Waals surface area contributed by atoms with Gasteiger partial charge in [0, 0.05) is 11.1 Å². The first-order chi connectivity index (χ1) is 11.7. The molecule has 0 aliphatic heterocycles. The predicted octanol–water partition coefficient (Wildman–Crippen LogP) is 3.54. The molecule has 0 saturated carbocycles. The molecule has 0 radical (unpaired) electrons. The van der Waals surface area contributed by atoms with E-state index in [1.807, 2.05) is 18.2 Å². The number of fused-ring (bicyclic) bond motifs is 1. The SMILES string of the molecule is COC(=O)c1c(NC(=O)CSc2ccccn2)sc2c1CCCC2. The number of aryl methyl sites for hydroxylation is 1. The number of anilines is 1. The highest BCUT2D eigenvalue weighted by molar-refractivity contribution is 7.99. The molecule has 0 bridgehead atoms. The number of thioether (sulfide) groups is 1. The van der Waals surface area contributed by atoms with Crippen molar-refractivity contribution in [3.8, 4) is 0 Å². The number of nitrogens with zero attached hydrogens (tertiary/aromatic N) is 1. The standard InChI is InChI=1S/C17H18N2O3S2/c1-22-17(21)15-11-6-2-3-7-12(11)24-16(15)19-13(20)10-23-14-8-4-5-9-18-14/h4-5,8-9H,2-3,6-7,10H2,1H3,(H,19,20). The zero-order valence-electron chi connectivity index (χ0n) is 13.3. The third kappa shape index (κ3) is 3.79. The van der Waals surface area contributed by atoms with Crippen LogP contribution in [0.4, 0.5) is 5.00 Å². The van der Waals surface area contributed by atoms with Crippen molar-refractivity contribution in [2.75, 3.05) is 18.2 Å². The van der Waals surface area contributed by atoms with Crippen LogP contribution < -0.4 is 5.32 Å². The molecule has 2 aromatic rings. The molecule has 1 aliphatic carbocycles. The van der Waals surface area contributed by atoms with E-state index < -0.39 is 0 Å². The molecule has 126 valence electrons.